The van der Waals surface area contributed by atoms with Crippen LogP contribution in [0.4, 0.5) is 0 Å². The molecule has 3 rings (SSSR count). The highest BCUT2D eigenvalue weighted by Gasteiger charge is 2.24. The number of aromatic nitrogens is 2. The maximum Gasteiger partial charge on any atom is 0.255 e. The molecule has 1 saturated heterocycles. The number of carbonyl (C=O) groups excluding carboxylic acids is 2. The molecule has 0 radical (unpaired) electrons. The Bertz CT molecular complexity index is 692. The van der Waals surface area contributed by atoms with Gasteiger partial charge in [-0.1, -0.05) is 18.2 Å². The minimum Gasteiger partial charge on any atom is -0.353 e. The van der Waals surface area contributed by atoms with E-state index < -0.39 is 0 Å². The van der Waals surface area contributed by atoms with Gasteiger partial charge in [-0.05, 0) is 6.07 Å². The van der Waals surface area contributed by atoms with Gasteiger partial charge in [0, 0.05) is 38.1 Å². The van der Waals surface area contributed by atoms with Crippen LogP contribution in [0.3, 0.4) is 0 Å². The summed E-state index contributed by atoms with van der Waals surface area (Å²) in [6.45, 7) is 1.13. The zero-order valence-electron chi connectivity index (χ0n) is 11.7. The summed E-state index contributed by atoms with van der Waals surface area (Å²) in [6.07, 6.45) is 3.54. The maximum atomic E-state index is 12.7. The molecular weight excluding hydrogens is 268 g/mol. The Morgan fingerprint density at radius 3 is 2.86 bits per heavy atom. The lowest BCUT2D eigenvalue weighted by molar-refractivity contribution is -0.123. The molecule has 0 atom stereocenters. The molecule has 1 N–H and O–H groups in total. The van der Waals surface area contributed by atoms with Gasteiger partial charge in [0.25, 0.3) is 5.91 Å². The highest BCUT2D eigenvalue weighted by molar-refractivity contribution is 6.01. The number of carbonyl (C=O) groups is 2. The standard InChI is InChI=1S/C15H16N4O2/c1-18-8-6-17-14(18)11-4-2-3-5-12(11)15(21)19-9-7-16-13(20)10-19/h2-6,8H,7,9-10H2,1H3,(H,16,20). The van der Waals surface area contributed by atoms with E-state index in [0.29, 0.717) is 18.7 Å². The number of imidazole rings is 1. The molecule has 21 heavy (non-hydrogen) atoms. The van der Waals surface area contributed by atoms with Crippen LogP contribution < -0.4 is 5.32 Å². The molecular formula is C15H16N4O2. The third-order valence-corrected chi connectivity index (χ3v) is 3.55. The van der Waals surface area contributed by atoms with Crippen LogP contribution in [0.5, 0.6) is 0 Å². The van der Waals surface area contributed by atoms with E-state index in [2.05, 4.69) is 10.3 Å². The van der Waals surface area contributed by atoms with Gasteiger partial charge in [-0.25, -0.2) is 4.98 Å². The van der Waals surface area contributed by atoms with Gasteiger partial charge in [0.1, 0.15) is 5.82 Å². The van der Waals surface area contributed by atoms with E-state index in [1.165, 1.54) is 0 Å². The van der Waals surface area contributed by atoms with Gasteiger partial charge in [-0.15, -0.1) is 0 Å². The van der Waals surface area contributed by atoms with Crippen molar-refractivity contribution in [1.82, 2.24) is 19.8 Å². The fourth-order valence-corrected chi connectivity index (χ4v) is 2.47. The minimum absolute atomic E-state index is 0.105. The molecule has 1 aromatic carbocycles. The predicted octanol–water partition coefficient (Wildman–Crippen LogP) is 0.659. The van der Waals surface area contributed by atoms with Crippen molar-refractivity contribution in [2.24, 2.45) is 7.05 Å². The number of hydrogen-bond donors (Lipinski definition) is 1. The molecule has 2 aromatic rings. The summed E-state index contributed by atoms with van der Waals surface area (Å²) < 4.78 is 1.87. The highest BCUT2D eigenvalue weighted by Crippen LogP contribution is 2.23. The molecule has 1 aliphatic heterocycles. The topological polar surface area (TPSA) is 67.2 Å². The molecule has 0 spiro atoms. The van der Waals surface area contributed by atoms with Gasteiger partial charge in [0.15, 0.2) is 0 Å². The van der Waals surface area contributed by atoms with E-state index in [-0.39, 0.29) is 18.4 Å². The number of rotatable bonds is 2. The van der Waals surface area contributed by atoms with Crippen molar-refractivity contribution in [2.75, 3.05) is 19.6 Å². The molecule has 0 aliphatic carbocycles. The van der Waals surface area contributed by atoms with Gasteiger partial charge < -0.3 is 14.8 Å². The van der Waals surface area contributed by atoms with E-state index in [9.17, 15) is 9.59 Å². The summed E-state index contributed by atoms with van der Waals surface area (Å²) in [7, 11) is 1.89. The normalized spacial score (nSPS) is 14.9. The Labute approximate surface area is 122 Å². The molecule has 2 heterocycles. The summed E-state index contributed by atoms with van der Waals surface area (Å²) >= 11 is 0. The van der Waals surface area contributed by atoms with Gasteiger partial charge in [0.05, 0.1) is 12.1 Å². The van der Waals surface area contributed by atoms with Crippen LogP contribution in [0, 0.1) is 0 Å². The summed E-state index contributed by atoms with van der Waals surface area (Å²) in [5, 5.41) is 2.72. The number of amides is 2. The third-order valence-electron chi connectivity index (χ3n) is 3.55. The van der Waals surface area contributed by atoms with Crippen LogP contribution in [-0.4, -0.2) is 45.9 Å². The second kappa shape index (κ2) is 5.40. The van der Waals surface area contributed by atoms with Gasteiger partial charge >= 0.3 is 0 Å². The number of benzene rings is 1. The largest absolute Gasteiger partial charge is 0.353 e. The van der Waals surface area contributed by atoms with Crippen molar-refractivity contribution < 1.29 is 9.59 Å². The average Bonchev–Trinajstić information content (AvgIpc) is 2.92. The lowest BCUT2D eigenvalue weighted by Gasteiger charge is -2.27. The second-order valence-corrected chi connectivity index (χ2v) is 4.98. The number of piperazine rings is 1. The first kappa shape index (κ1) is 13.4. The second-order valence-electron chi connectivity index (χ2n) is 4.98. The van der Waals surface area contributed by atoms with Crippen molar-refractivity contribution in [1.29, 1.82) is 0 Å². The van der Waals surface area contributed by atoms with Crippen LogP contribution in [0.15, 0.2) is 36.7 Å². The molecule has 1 aliphatic rings. The Balaban J connectivity index is 1.97. The minimum atomic E-state index is -0.136. The fraction of sp³-hybridized carbons (Fsp3) is 0.267. The van der Waals surface area contributed by atoms with E-state index in [1.807, 2.05) is 36.0 Å². The Hall–Kier alpha value is -2.63. The highest BCUT2D eigenvalue weighted by atomic mass is 16.2. The SMILES string of the molecule is Cn1ccnc1-c1ccccc1C(=O)N1CCNC(=O)C1. The molecule has 2 amide bonds. The third kappa shape index (κ3) is 2.52. The molecule has 1 aromatic heterocycles. The number of hydrogen-bond acceptors (Lipinski definition) is 3. The number of nitrogens with zero attached hydrogens (tertiary/aromatic N) is 3. The predicted molar refractivity (Wildman–Crippen MR) is 77.6 cm³/mol. The van der Waals surface area contributed by atoms with Crippen LogP contribution in [0.25, 0.3) is 11.4 Å². The molecule has 6 heteroatoms. The number of nitrogens with one attached hydrogen (secondary N) is 1. The lowest BCUT2D eigenvalue weighted by atomic mass is 10.1. The fourth-order valence-electron chi connectivity index (χ4n) is 2.47. The van der Waals surface area contributed by atoms with Crippen molar-refractivity contribution >= 4 is 11.8 Å². The first-order valence-corrected chi connectivity index (χ1v) is 6.79. The molecule has 6 nitrogen and oxygen atoms in total. The van der Waals surface area contributed by atoms with Gasteiger partial charge in [-0.3, -0.25) is 9.59 Å². The quantitative estimate of drug-likeness (QED) is 0.881. The van der Waals surface area contributed by atoms with E-state index >= 15 is 0 Å². The summed E-state index contributed by atoms with van der Waals surface area (Å²) in [5.41, 5.74) is 1.35. The van der Waals surface area contributed by atoms with Crippen molar-refractivity contribution in [3.63, 3.8) is 0 Å². The zero-order valence-corrected chi connectivity index (χ0v) is 11.7. The Morgan fingerprint density at radius 2 is 2.14 bits per heavy atom. The smallest absolute Gasteiger partial charge is 0.255 e. The van der Waals surface area contributed by atoms with Crippen molar-refractivity contribution in [3.8, 4) is 11.4 Å². The van der Waals surface area contributed by atoms with E-state index in [4.69, 9.17) is 0 Å². The summed E-state index contributed by atoms with van der Waals surface area (Å²) in [4.78, 5) is 30.0. The first-order chi connectivity index (χ1) is 10.2. The Kier molecular flexibility index (Phi) is 3.43. The van der Waals surface area contributed by atoms with E-state index in [0.717, 1.165) is 11.4 Å². The lowest BCUT2D eigenvalue weighted by Crippen LogP contribution is -2.50. The molecule has 0 bridgehead atoms. The van der Waals surface area contributed by atoms with Crippen LogP contribution in [0.1, 0.15) is 10.4 Å². The van der Waals surface area contributed by atoms with Crippen molar-refractivity contribution in [3.05, 3.63) is 42.2 Å². The molecule has 108 valence electrons. The van der Waals surface area contributed by atoms with Gasteiger partial charge in [-0.2, -0.15) is 0 Å². The monoisotopic (exact) mass is 284 g/mol. The van der Waals surface area contributed by atoms with Crippen LogP contribution in [-0.2, 0) is 11.8 Å². The summed E-state index contributed by atoms with van der Waals surface area (Å²) in [6, 6.07) is 7.35. The van der Waals surface area contributed by atoms with E-state index in [1.54, 1.807) is 17.2 Å². The summed E-state index contributed by atoms with van der Waals surface area (Å²) in [5.74, 6) is 0.480. The number of aryl methyl sites for hydroxylation is 1. The van der Waals surface area contributed by atoms with Crippen molar-refractivity contribution in [2.45, 2.75) is 0 Å². The van der Waals surface area contributed by atoms with Crippen LogP contribution >= 0.6 is 0 Å². The van der Waals surface area contributed by atoms with Gasteiger partial charge in [0.2, 0.25) is 5.91 Å². The maximum absolute atomic E-state index is 12.7. The zero-order chi connectivity index (χ0) is 14.8. The first-order valence-electron chi connectivity index (χ1n) is 6.79. The Morgan fingerprint density at radius 1 is 1.33 bits per heavy atom. The average molecular weight is 284 g/mol. The molecule has 0 unspecified atom stereocenters. The van der Waals surface area contributed by atoms with Crippen LogP contribution in [0.2, 0.25) is 0 Å². The molecule has 0 saturated carbocycles. The molecule has 1 fully saturated rings.